The Balaban J connectivity index is 2.68. The summed E-state index contributed by atoms with van der Waals surface area (Å²) < 4.78 is 28.5. The Bertz CT molecular complexity index is 346. The molecule has 1 fully saturated rings. The Labute approximate surface area is 167 Å². The van der Waals surface area contributed by atoms with Crippen molar-refractivity contribution < 1.29 is 23.7 Å². The molecule has 2 atom stereocenters. The standard InChI is InChI=1S/C22H44O5/c1-6-8-9-10-11-12-15-21(14-7-2,22(23-3,24-4)25-5)16-13-17-26-18-20-19-27-20/h20H,6-19H2,1-5H3. The first-order valence-corrected chi connectivity index (χ1v) is 11.0. The van der Waals surface area contributed by atoms with Crippen LogP contribution in [0, 0.1) is 5.41 Å². The highest BCUT2D eigenvalue weighted by Crippen LogP contribution is 2.48. The van der Waals surface area contributed by atoms with E-state index in [1.165, 1.54) is 38.5 Å². The number of hydrogen-bond acceptors (Lipinski definition) is 5. The van der Waals surface area contributed by atoms with Crippen molar-refractivity contribution in [3.05, 3.63) is 0 Å². The number of methoxy groups -OCH3 is 3. The van der Waals surface area contributed by atoms with Crippen molar-refractivity contribution in [3.63, 3.8) is 0 Å². The highest BCUT2D eigenvalue weighted by atomic mass is 16.9. The van der Waals surface area contributed by atoms with Gasteiger partial charge in [-0.2, -0.15) is 0 Å². The SMILES string of the molecule is CCCCCCCCC(CCC)(CCCOCC1CO1)C(OC)(OC)OC. The molecular formula is C22H44O5. The molecule has 27 heavy (non-hydrogen) atoms. The van der Waals surface area contributed by atoms with Gasteiger partial charge in [-0.05, 0) is 25.7 Å². The van der Waals surface area contributed by atoms with E-state index in [1.807, 2.05) is 0 Å². The predicted molar refractivity (Wildman–Crippen MR) is 109 cm³/mol. The van der Waals surface area contributed by atoms with Crippen LogP contribution >= 0.6 is 0 Å². The average molecular weight is 389 g/mol. The molecule has 1 aliphatic rings. The summed E-state index contributed by atoms with van der Waals surface area (Å²) in [6, 6.07) is 0. The maximum atomic E-state index is 5.85. The molecule has 1 heterocycles. The van der Waals surface area contributed by atoms with Crippen LogP contribution in [0.3, 0.4) is 0 Å². The first-order chi connectivity index (χ1) is 13.1. The molecule has 0 saturated carbocycles. The van der Waals surface area contributed by atoms with E-state index in [-0.39, 0.29) is 5.41 Å². The summed E-state index contributed by atoms with van der Waals surface area (Å²) in [5.74, 6) is -0.994. The third-order valence-corrected chi connectivity index (χ3v) is 5.84. The van der Waals surface area contributed by atoms with E-state index in [9.17, 15) is 0 Å². The van der Waals surface area contributed by atoms with Crippen molar-refractivity contribution in [2.75, 3.05) is 41.2 Å². The molecule has 5 heteroatoms. The van der Waals surface area contributed by atoms with Crippen LogP contribution in [0.25, 0.3) is 0 Å². The minimum absolute atomic E-state index is 0.163. The minimum atomic E-state index is -0.994. The van der Waals surface area contributed by atoms with Crippen LogP contribution in [-0.2, 0) is 23.7 Å². The molecule has 2 unspecified atom stereocenters. The molecule has 5 nitrogen and oxygen atoms in total. The maximum Gasteiger partial charge on any atom is 0.288 e. The quantitative estimate of drug-likeness (QED) is 0.170. The number of unbranched alkanes of at least 4 members (excludes halogenated alkanes) is 5. The highest BCUT2D eigenvalue weighted by Gasteiger charge is 2.52. The summed E-state index contributed by atoms with van der Waals surface area (Å²) in [4.78, 5) is 0. The van der Waals surface area contributed by atoms with Crippen LogP contribution in [-0.4, -0.2) is 53.2 Å². The van der Waals surface area contributed by atoms with Gasteiger partial charge in [-0.1, -0.05) is 58.8 Å². The molecule has 0 bridgehead atoms. The van der Waals surface area contributed by atoms with Crippen molar-refractivity contribution >= 4 is 0 Å². The smallest absolute Gasteiger partial charge is 0.288 e. The van der Waals surface area contributed by atoms with Gasteiger partial charge < -0.3 is 23.7 Å². The van der Waals surface area contributed by atoms with E-state index < -0.39 is 5.97 Å². The molecule has 1 rings (SSSR count). The molecule has 0 amide bonds. The van der Waals surface area contributed by atoms with Gasteiger partial charge in [0, 0.05) is 27.9 Å². The largest absolute Gasteiger partial charge is 0.379 e. The Kier molecular flexibility index (Phi) is 12.8. The van der Waals surface area contributed by atoms with Crippen molar-refractivity contribution in [2.24, 2.45) is 5.41 Å². The van der Waals surface area contributed by atoms with Gasteiger partial charge in [0.25, 0.3) is 5.97 Å². The molecule has 0 aromatic carbocycles. The lowest BCUT2D eigenvalue weighted by atomic mass is 9.72. The molecule has 0 aromatic rings. The Hall–Kier alpha value is -0.200. The van der Waals surface area contributed by atoms with Crippen molar-refractivity contribution in [3.8, 4) is 0 Å². The van der Waals surface area contributed by atoms with E-state index in [0.717, 1.165) is 45.3 Å². The number of rotatable bonds is 19. The van der Waals surface area contributed by atoms with Gasteiger partial charge in [0.05, 0.1) is 18.6 Å². The second-order valence-corrected chi connectivity index (χ2v) is 7.85. The van der Waals surface area contributed by atoms with Gasteiger partial charge in [0.15, 0.2) is 0 Å². The van der Waals surface area contributed by atoms with Gasteiger partial charge in [-0.3, -0.25) is 0 Å². The van der Waals surface area contributed by atoms with Gasteiger partial charge in [0.2, 0.25) is 0 Å². The first kappa shape index (κ1) is 24.8. The predicted octanol–water partition coefficient (Wildman–Crippen LogP) is 5.31. The molecule has 0 spiro atoms. The van der Waals surface area contributed by atoms with Crippen LogP contribution in [0.5, 0.6) is 0 Å². The second kappa shape index (κ2) is 13.9. The van der Waals surface area contributed by atoms with Crippen LogP contribution < -0.4 is 0 Å². The lowest BCUT2D eigenvalue weighted by Crippen LogP contribution is -2.53. The summed E-state index contributed by atoms with van der Waals surface area (Å²) in [5, 5.41) is 0. The van der Waals surface area contributed by atoms with Crippen LogP contribution in [0.4, 0.5) is 0 Å². The number of hydrogen-bond donors (Lipinski definition) is 0. The van der Waals surface area contributed by atoms with E-state index in [0.29, 0.717) is 12.7 Å². The van der Waals surface area contributed by atoms with E-state index in [4.69, 9.17) is 23.7 Å². The van der Waals surface area contributed by atoms with Crippen molar-refractivity contribution in [2.45, 2.75) is 96.6 Å². The molecule has 0 radical (unpaired) electrons. The van der Waals surface area contributed by atoms with Gasteiger partial charge in [-0.25, -0.2) is 0 Å². The lowest BCUT2D eigenvalue weighted by Gasteiger charge is -2.47. The third-order valence-electron chi connectivity index (χ3n) is 5.84. The first-order valence-electron chi connectivity index (χ1n) is 11.0. The topological polar surface area (TPSA) is 49.5 Å². The molecule has 0 aliphatic carbocycles. The van der Waals surface area contributed by atoms with Crippen LogP contribution in [0.1, 0.15) is 84.5 Å². The second-order valence-electron chi connectivity index (χ2n) is 7.85. The Morgan fingerprint density at radius 1 is 0.778 bits per heavy atom. The zero-order valence-corrected chi connectivity index (χ0v) is 18.5. The lowest BCUT2D eigenvalue weighted by molar-refractivity contribution is -0.411. The fourth-order valence-corrected chi connectivity index (χ4v) is 4.35. The van der Waals surface area contributed by atoms with Crippen LogP contribution in [0.2, 0.25) is 0 Å². The Morgan fingerprint density at radius 2 is 1.37 bits per heavy atom. The highest BCUT2D eigenvalue weighted by molar-refractivity contribution is 4.88. The number of ether oxygens (including phenoxy) is 5. The monoisotopic (exact) mass is 388 g/mol. The van der Waals surface area contributed by atoms with E-state index >= 15 is 0 Å². The maximum absolute atomic E-state index is 5.85. The van der Waals surface area contributed by atoms with Gasteiger partial charge in [-0.15, -0.1) is 0 Å². The average Bonchev–Trinajstić information content (AvgIpc) is 3.50. The molecule has 1 saturated heterocycles. The molecular weight excluding hydrogens is 344 g/mol. The van der Waals surface area contributed by atoms with Crippen molar-refractivity contribution in [1.82, 2.24) is 0 Å². The van der Waals surface area contributed by atoms with E-state index in [1.54, 1.807) is 21.3 Å². The fourth-order valence-electron chi connectivity index (χ4n) is 4.35. The third kappa shape index (κ3) is 7.98. The minimum Gasteiger partial charge on any atom is -0.379 e. The van der Waals surface area contributed by atoms with Crippen LogP contribution in [0.15, 0.2) is 0 Å². The molecule has 162 valence electrons. The fraction of sp³-hybridized carbons (Fsp3) is 1.00. The summed E-state index contributed by atoms with van der Waals surface area (Å²) >= 11 is 0. The summed E-state index contributed by atoms with van der Waals surface area (Å²) in [7, 11) is 5.08. The summed E-state index contributed by atoms with van der Waals surface area (Å²) in [6.07, 6.45) is 13.1. The normalized spacial score (nSPS) is 19.2. The van der Waals surface area contributed by atoms with E-state index in [2.05, 4.69) is 13.8 Å². The Morgan fingerprint density at radius 3 is 1.93 bits per heavy atom. The van der Waals surface area contributed by atoms with Crippen molar-refractivity contribution in [1.29, 1.82) is 0 Å². The zero-order valence-electron chi connectivity index (χ0n) is 18.5. The van der Waals surface area contributed by atoms with Gasteiger partial charge >= 0.3 is 0 Å². The molecule has 0 aromatic heterocycles. The summed E-state index contributed by atoms with van der Waals surface area (Å²) in [5.41, 5.74) is -0.163. The summed E-state index contributed by atoms with van der Waals surface area (Å²) in [6.45, 7) is 6.78. The zero-order chi connectivity index (χ0) is 20.0. The van der Waals surface area contributed by atoms with Gasteiger partial charge in [0.1, 0.15) is 6.10 Å². The molecule has 0 N–H and O–H groups in total. The number of epoxide rings is 1. The molecule has 1 aliphatic heterocycles.